The number of morpholine rings is 1. The minimum absolute atomic E-state index is 0.0112. The third kappa shape index (κ3) is 4.61. The van der Waals surface area contributed by atoms with Gasteiger partial charge in [0.05, 0.1) is 13.2 Å². The van der Waals surface area contributed by atoms with Crippen molar-refractivity contribution < 1.29 is 18.8 Å². The Kier molecular flexibility index (Phi) is 6.57. The van der Waals surface area contributed by atoms with E-state index in [4.69, 9.17) is 4.74 Å². The lowest BCUT2D eigenvalue weighted by atomic mass is 9.97. The number of ether oxygens (including phenoxy) is 1. The molecule has 6 heteroatoms. The fraction of sp³-hybridized carbons (Fsp3) is 0.292. The Hall–Kier alpha value is -2.54. The van der Waals surface area contributed by atoms with Crippen LogP contribution in [0.5, 0.6) is 0 Å². The second-order valence-corrected chi connectivity index (χ2v) is 8.56. The van der Waals surface area contributed by atoms with Gasteiger partial charge in [-0.25, -0.2) is 4.39 Å². The van der Waals surface area contributed by atoms with Crippen molar-refractivity contribution in [3.63, 3.8) is 0 Å². The molecule has 1 aromatic heterocycles. The summed E-state index contributed by atoms with van der Waals surface area (Å²) in [6.45, 7) is 5.25. The van der Waals surface area contributed by atoms with Crippen molar-refractivity contribution in [1.29, 1.82) is 0 Å². The van der Waals surface area contributed by atoms with Gasteiger partial charge in [-0.3, -0.25) is 4.79 Å². The minimum Gasteiger partial charge on any atom is -0.370 e. The van der Waals surface area contributed by atoms with Crippen LogP contribution >= 0.6 is 11.3 Å². The summed E-state index contributed by atoms with van der Waals surface area (Å²) in [5, 5.41) is 4.01. The number of carbonyl (C=O) groups is 1. The summed E-state index contributed by atoms with van der Waals surface area (Å²) < 4.78 is 19.2. The average Bonchev–Trinajstić information content (AvgIpc) is 3.19. The molecular formula is C24H26FN2O2S+. The van der Waals surface area contributed by atoms with Crippen LogP contribution in [-0.2, 0) is 11.2 Å². The van der Waals surface area contributed by atoms with E-state index in [1.54, 1.807) is 11.3 Å². The summed E-state index contributed by atoms with van der Waals surface area (Å²) >= 11 is 1.62. The topological polar surface area (TPSA) is 42.8 Å². The van der Waals surface area contributed by atoms with Crippen LogP contribution in [0.25, 0.3) is 0 Å². The number of nitrogens with one attached hydrogen (secondary N) is 2. The molecule has 2 N–H and O–H groups in total. The van der Waals surface area contributed by atoms with Gasteiger partial charge in [-0.1, -0.05) is 25.1 Å². The third-order valence-corrected chi connectivity index (χ3v) is 6.69. The zero-order valence-corrected chi connectivity index (χ0v) is 17.8. The number of amides is 1. The van der Waals surface area contributed by atoms with E-state index in [1.165, 1.54) is 21.9 Å². The van der Waals surface area contributed by atoms with Gasteiger partial charge < -0.3 is 15.0 Å². The first-order valence-electron chi connectivity index (χ1n) is 10.3. The van der Waals surface area contributed by atoms with Crippen molar-refractivity contribution in [1.82, 2.24) is 0 Å². The van der Waals surface area contributed by atoms with Crippen molar-refractivity contribution >= 4 is 22.2 Å². The first kappa shape index (κ1) is 20.7. The third-order valence-electron chi connectivity index (χ3n) is 5.48. The molecule has 0 radical (unpaired) electrons. The van der Waals surface area contributed by atoms with Crippen LogP contribution in [0.1, 0.15) is 39.3 Å². The number of thiophene rings is 1. The lowest BCUT2D eigenvalue weighted by Crippen LogP contribution is -3.14. The summed E-state index contributed by atoms with van der Waals surface area (Å²) in [6.07, 6.45) is 0.896. The van der Waals surface area contributed by atoms with Gasteiger partial charge in [0.25, 0.3) is 5.91 Å². The zero-order valence-electron chi connectivity index (χ0n) is 17.0. The van der Waals surface area contributed by atoms with Crippen LogP contribution in [0.2, 0.25) is 0 Å². The Morgan fingerprint density at radius 1 is 1.13 bits per heavy atom. The number of aryl methyl sites for hydroxylation is 1. The number of quaternary nitrogens is 1. The fourth-order valence-corrected chi connectivity index (χ4v) is 4.95. The Bertz CT molecular complexity index is 982. The number of anilines is 1. The fourth-order valence-electron chi connectivity index (χ4n) is 3.92. The van der Waals surface area contributed by atoms with Crippen LogP contribution < -0.4 is 10.2 Å². The summed E-state index contributed by atoms with van der Waals surface area (Å²) in [4.78, 5) is 15.4. The molecule has 0 saturated carbocycles. The molecule has 0 aliphatic carbocycles. The molecule has 2 aromatic carbocycles. The molecule has 1 aliphatic heterocycles. The van der Waals surface area contributed by atoms with E-state index < -0.39 is 0 Å². The first-order chi connectivity index (χ1) is 14.7. The van der Waals surface area contributed by atoms with E-state index in [1.807, 2.05) is 42.5 Å². The lowest BCUT2D eigenvalue weighted by Gasteiger charge is -2.32. The van der Waals surface area contributed by atoms with Gasteiger partial charge in [-0.15, -0.1) is 11.3 Å². The van der Waals surface area contributed by atoms with E-state index in [2.05, 4.69) is 18.3 Å². The molecule has 0 bridgehead atoms. The normalized spacial score (nSPS) is 15.7. The largest absolute Gasteiger partial charge is 0.370 e. The van der Waals surface area contributed by atoms with Crippen molar-refractivity contribution in [2.45, 2.75) is 19.4 Å². The van der Waals surface area contributed by atoms with Crippen LogP contribution in [0.3, 0.4) is 0 Å². The summed E-state index contributed by atoms with van der Waals surface area (Å²) in [7, 11) is 0. The predicted octanol–water partition coefficient (Wildman–Crippen LogP) is 3.71. The summed E-state index contributed by atoms with van der Waals surface area (Å²) in [5.74, 6) is -0.358. The highest BCUT2D eigenvalue weighted by Crippen LogP contribution is 2.35. The molecule has 156 valence electrons. The maximum absolute atomic E-state index is 13.6. The molecule has 0 spiro atoms. The Morgan fingerprint density at radius 2 is 1.83 bits per heavy atom. The van der Waals surface area contributed by atoms with Gasteiger partial charge in [-0.05, 0) is 48.9 Å². The van der Waals surface area contributed by atoms with Crippen LogP contribution in [0, 0.1) is 5.82 Å². The van der Waals surface area contributed by atoms with Crippen molar-refractivity contribution in [3.8, 4) is 0 Å². The van der Waals surface area contributed by atoms with Crippen LogP contribution in [0.15, 0.2) is 60.7 Å². The predicted molar refractivity (Wildman–Crippen MR) is 118 cm³/mol. The van der Waals surface area contributed by atoms with Gasteiger partial charge in [-0.2, -0.15) is 0 Å². The monoisotopic (exact) mass is 425 g/mol. The molecule has 4 nitrogen and oxygen atoms in total. The standard InChI is InChI=1S/C24H25FN2O2S/c1-2-20-16-21(24(30-20)26-23(28)18-6-4-3-5-7-18)22(27-12-14-29-15-13-27)17-8-10-19(25)11-9-17/h3-11,16,22H,2,12-15H2,1H3,(H,26,28)/p+1/t22-/m1/s1. The molecule has 3 aromatic rings. The zero-order chi connectivity index (χ0) is 20.9. The second kappa shape index (κ2) is 9.51. The van der Waals surface area contributed by atoms with Crippen molar-refractivity contribution in [2.75, 3.05) is 31.6 Å². The smallest absolute Gasteiger partial charge is 0.256 e. The van der Waals surface area contributed by atoms with Gasteiger partial charge in [0.2, 0.25) is 0 Å². The highest BCUT2D eigenvalue weighted by atomic mass is 32.1. The van der Waals surface area contributed by atoms with E-state index in [9.17, 15) is 9.18 Å². The minimum atomic E-state index is -0.244. The Balaban J connectivity index is 1.73. The number of halogens is 1. The SMILES string of the molecule is CCc1cc([C@@H](c2ccc(F)cc2)[NH+]2CCOCC2)c(NC(=O)c2ccccc2)s1. The molecule has 2 heterocycles. The molecule has 1 amide bonds. The molecule has 1 saturated heterocycles. The molecule has 4 rings (SSSR count). The van der Waals surface area contributed by atoms with Gasteiger partial charge in [0.15, 0.2) is 0 Å². The number of benzene rings is 2. The van der Waals surface area contributed by atoms with Crippen molar-refractivity contribution in [2.24, 2.45) is 0 Å². The summed E-state index contributed by atoms with van der Waals surface area (Å²) in [5.41, 5.74) is 2.76. The van der Waals surface area contributed by atoms with Crippen LogP contribution in [0.4, 0.5) is 9.39 Å². The molecular weight excluding hydrogens is 399 g/mol. The lowest BCUT2D eigenvalue weighted by molar-refractivity contribution is -0.933. The van der Waals surface area contributed by atoms with E-state index in [-0.39, 0.29) is 17.8 Å². The van der Waals surface area contributed by atoms with E-state index >= 15 is 0 Å². The van der Waals surface area contributed by atoms with Gasteiger partial charge in [0, 0.05) is 21.6 Å². The number of carbonyl (C=O) groups excluding carboxylic acids is 1. The van der Waals surface area contributed by atoms with Gasteiger partial charge in [0.1, 0.15) is 29.9 Å². The number of rotatable bonds is 6. The number of hydrogen-bond donors (Lipinski definition) is 2. The second-order valence-electron chi connectivity index (χ2n) is 7.43. The highest BCUT2D eigenvalue weighted by molar-refractivity contribution is 7.16. The Labute approximate surface area is 180 Å². The molecule has 1 atom stereocenters. The Morgan fingerprint density at radius 3 is 2.50 bits per heavy atom. The number of hydrogen-bond acceptors (Lipinski definition) is 3. The molecule has 0 unspecified atom stereocenters. The van der Waals surface area contributed by atoms with Crippen molar-refractivity contribution in [3.05, 3.63) is 88.0 Å². The van der Waals surface area contributed by atoms with E-state index in [0.717, 1.165) is 35.6 Å². The van der Waals surface area contributed by atoms with Gasteiger partial charge >= 0.3 is 0 Å². The maximum Gasteiger partial charge on any atom is 0.256 e. The maximum atomic E-state index is 13.6. The highest BCUT2D eigenvalue weighted by Gasteiger charge is 2.32. The van der Waals surface area contributed by atoms with E-state index in [0.29, 0.717) is 18.8 Å². The quantitative estimate of drug-likeness (QED) is 0.632. The molecule has 1 fully saturated rings. The van der Waals surface area contributed by atoms with Crippen LogP contribution in [-0.4, -0.2) is 32.2 Å². The first-order valence-corrected chi connectivity index (χ1v) is 11.1. The average molecular weight is 426 g/mol. The molecule has 1 aliphatic rings. The molecule has 30 heavy (non-hydrogen) atoms. The summed E-state index contributed by atoms with van der Waals surface area (Å²) in [6, 6.07) is 18.2.